The van der Waals surface area contributed by atoms with Gasteiger partial charge >= 0.3 is 0 Å². The van der Waals surface area contributed by atoms with E-state index in [2.05, 4.69) is 17.9 Å². The number of rotatable bonds is 0. The smallest absolute Gasteiger partial charge is 0.0538 e. The van der Waals surface area contributed by atoms with Gasteiger partial charge in [0.05, 0.1) is 5.41 Å². The average Bonchev–Trinajstić information content (AvgIpc) is 2.48. The molecule has 3 rings (SSSR count). The Bertz CT molecular complexity index is 274. The molecule has 1 spiro atoms. The Morgan fingerprint density at radius 3 is 3.40 bits per heavy atom. The SMILES string of the molecule is C1#CC23CCC(CC2=C1)C3. The van der Waals surface area contributed by atoms with E-state index in [9.17, 15) is 0 Å². The molecule has 50 valence electrons. The molecule has 0 saturated heterocycles. The predicted octanol–water partition coefficient (Wildman–Crippen LogP) is 2.12. The first-order valence-corrected chi connectivity index (χ1v) is 4.11. The van der Waals surface area contributed by atoms with Crippen LogP contribution in [0.3, 0.4) is 0 Å². The molecule has 2 atom stereocenters. The van der Waals surface area contributed by atoms with E-state index in [-0.39, 0.29) is 0 Å². The van der Waals surface area contributed by atoms with E-state index in [1.54, 1.807) is 5.57 Å². The van der Waals surface area contributed by atoms with E-state index in [0.29, 0.717) is 5.41 Å². The molecule has 10 heavy (non-hydrogen) atoms. The largest absolute Gasteiger partial charge is 0.0872 e. The van der Waals surface area contributed by atoms with Crippen LogP contribution in [0.5, 0.6) is 0 Å². The van der Waals surface area contributed by atoms with Crippen LogP contribution in [-0.2, 0) is 0 Å². The first-order valence-electron chi connectivity index (χ1n) is 4.11. The summed E-state index contributed by atoms with van der Waals surface area (Å²) >= 11 is 0. The van der Waals surface area contributed by atoms with Gasteiger partial charge in [-0.3, -0.25) is 0 Å². The highest BCUT2D eigenvalue weighted by atomic mass is 14.5. The van der Waals surface area contributed by atoms with Gasteiger partial charge in [-0.1, -0.05) is 11.8 Å². The van der Waals surface area contributed by atoms with E-state index >= 15 is 0 Å². The van der Waals surface area contributed by atoms with Crippen LogP contribution in [0, 0.1) is 23.2 Å². The Morgan fingerprint density at radius 1 is 1.60 bits per heavy atom. The number of fused-ring (bicyclic) bond motifs is 1. The third kappa shape index (κ3) is 0.389. The molecule has 0 heteroatoms. The molecular formula is C10H10. The van der Waals surface area contributed by atoms with Gasteiger partial charge in [-0.25, -0.2) is 0 Å². The summed E-state index contributed by atoms with van der Waals surface area (Å²) in [5.41, 5.74) is 2.05. The lowest BCUT2D eigenvalue weighted by Crippen LogP contribution is -2.11. The Balaban J connectivity index is 2.19. The zero-order valence-electron chi connectivity index (χ0n) is 5.98. The molecule has 0 aromatic heterocycles. The summed E-state index contributed by atoms with van der Waals surface area (Å²) in [7, 11) is 0. The van der Waals surface area contributed by atoms with Crippen molar-refractivity contribution < 1.29 is 0 Å². The summed E-state index contributed by atoms with van der Waals surface area (Å²) in [6, 6.07) is 0. The van der Waals surface area contributed by atoms with Gasteiger partial charge in [0.2, 0.25) is 0 Å². The molecule has 3 aliphatic carbocycles. The van der Waals surface area contributed by atoms with Crippen LogP contribution in [0.25, 0.3) is 0 Å². The van der Waals surface area contributed by atoms with Crippen molar-refractivity contribution in [2.75, 3.05) is 0 Å². The van der Waals surface area contributed by atoms with Crippen molar-refractivity contribution in [3.8, 4) is 11.8 Å². The maximum atomic E-state index is 3.38. The van der Waals surface area contributed by atoms with Gasteiger partial charge in [-0.2, -0.15) is 0 Å². The lowest BCUT2D eigenvalue weighted by molar-refractivity contribution is 0.514. The van der Waals surface area contributed by atoms with Gasteiger partial charge in [0.1, 0.15) is 0 Å². The van der Waals surface area contributed by atoms with E-state index in [1.807, 2.05) is 0 Å². The maximum Gasteiger partial charge on any atom is 0.0538 e. The number of hydrogen-bond acceptors (Lipinski definition) is 0. The molecule has 0 nitrogen and oxygen atoms in total. The quantitative estimate of drug-likeness (QED) is 0.440. The molecule has 0 N–H and O–H groups in total. The van der Waals surface area contributed by atoms with Crippen LogP contribution in [0.15, 0.2) is 11.6 Å². The number of allylic oxidation sites excluding steroid dienone is 2. The molecule has 2 bridgehead atoms. The molecule has 0 heterocycles. The third-order valence-corrected chi connectivity index (χ3v) is 3.30. The van der Waals surface area contributed by atoms with Gasteiger partial charge < -0.3 is 0 Å². The Labute approximate surface area is 61.3 Å². The molecule has 0 amide bonds. The van der Waals surface area contributed by atoms with Crippen molar-refractivity contribution in [1.29, 1.82) is 0 Å². The summed E-state index contributed by atoms with van der Waals surface area (Å²) in [6.07, 6.45) is 7.69. The van der Waals surface area contributed by atoms with Crippen LogP contribution in [0.1, 0.15) is 25.7 Å². The zero-order valence-corrected chi connectivity index (χ0v) is 5.98. The highest BCUT2D eigenvalue weighted by Gasteiger charge is 2.48. The fourth-order valence-electron chi connectivity index (χ4n) is 2.77. The van der Waals surface area contributed by atoms with Crippen molar-refractivity contribution in [3.05, 3.63) is 11.6 Å². The second kappa shape index (κ2) is 1.32. The van der Waals surface area contributed by atoms with Gasteiger partial charge in [0.15, 0.2) is 0 Å². The Hall–Kier alpha value is -0.700. The number of hydrogen-bond donors (Lipinski definition) is 0. The molecule has 0 aromatic carbocycles. The van der Waals surface area contributed by atoms with Crippen LogP contribution in [0.4, 0.5) is 0 Å². The van der Waals surface area contributed by atoms with E-state index in [0.717, 1.165) is 5.92 Å². The molecular weight excluding hydrogens is 120 g/mol. The third-order valence-electron chi connectivity index (χ3n) is 3.30. The second-order valence-electron chi connectivity index (χ2n) is 3.83. The molecule has 0 aromatic rings. The second-order valence-corrected chi connectivity index (χ2v) is 3.83. The van der Waals surface area contributed by atoms with Gasteiger partial charge in [-0.05, 0) is 43.3 Å². The normalized spacial score (nSPS) is 46.4. The molecule has 2 saturated carbocycles. The zero-order chi connectivity index (χ0) is 6.60. The summed E-state index contributed by atoms with van der Waals surface area (Å²) in [6.45, 7) is 0. The predicted molar refractivity (Wildman–Crippen MR) is 40.3 cm³/mol. The minimum absolute atomic E-state index is 0.421. The summed E-state index contributed by atoms with van der Waals surface area (Å²) in [5.74, 6) is 7.51. The molecule has 0 aliphatic heterocycles. The fourth-order valence-corrected chi connectivity index (χ4v) is 2.77. The van der Waals surface area contributed by atoms with Crippen molar-refractivity contribution >= 4 is 0 Å². The lowest BCUT2D eigenvalue weighted by atomic mass is 9.83. The molecule has 2 fully saturated rings. The van der Waals surface area contributed by atoms with E-state index in [4.69, 9.17) is 0 Å². The van der Waals surface area contributed by atoms with Gasteiger partial charge in [0, 0.05) is 0 Å². The lowest BCUT2D eigenvalue weighted by Gasteiger charge is -2.19. The van der Waals surface area contributed by atoms with Crippen LogP contribution in [-0.4, -0.2) is 0 Å². The molecule has 0 radical (unpaired) electrons. The van der Waals surface area contributed by atoms with Gasteiger partial charge in [-0.15, -0.1) is 0 Å². The Morgan fingerprint density at radius 2 is 2.60 bits per heavy atom. The van der Waals surface area contributed by atoms with E-state index in [1.165, 1.54) is 25.7 Å². The van der Waals surface area contributed by atoms with Crippen LogP contribution >= 0.6 is 0 Å². The summed E-state index contributed by atoms with van der Waals surface area (Å²) in [4.78, 5) is 0. The topological polar surface area (TPSA) is 0 Å². The van der Waals surface area contributed by atoms with Crippen molar-refractivity contribution in [2.24, 2.45) is 11.3 Å². The first kappa shape index (κ1) is 5.02. The molecule has 2 unspecified atom stereocenters. The minimum atomic E-state index is 0.421. The van der Waals surface area contributed by atoms with Crippen molar-refractivity contribution in [3.63, 3.8) is 0 Å². The monoisotopic (exact) mass is 130 g/mol. The summed E-state index contributed by atoms with van der Waals surface area (Å²) in [5, 5.41) is 0. The maximum absolute atomic E-state index is 3.38. The average molecular weight is 130 g/mol. The Kier molecular flexibility index (Phi) is 0.663. The molecule has 3 aliphatic rings. The minimum Gasteiger partial charge on any atom is -0.0872 e. The highest BCUT2D eigenvalue weighted by Crippen LogP contribution is 2.58. The highest BCUT2D eigenvalue weighted by molar-refractivity contribution is 5.46. The fraction of sp³-hybridized carbons (Fsp3) is 0.600. The summed E-state index contributed by atoms with van der Waals surface area (Å²) < 4.78 is 0. The first-order chi connectivity index (χ1) is 4.89. The van der Waals surface area contributed by atoms with Crippen LogP contribution < -0.4 is 0 Å². The van der Waals surface area contributed by atoms with Gasteiger partial charge in [0.25, 0.3) is 0 Å². The van der Waals surface area contributed by atoms with E-state index < -0.39 is 0 Å². The van der Waals surface area contributed by atoms with Crippen LogP contribution in [0.2, 0.25) is 0 Å². The van der Waals surface area contributed by atoms with Crippen molar-refractivity contribution in [2.45, 2.75) is 25.7 Å². The standard InChI is InChI=1S/C10H10/c1-2-9-6-8-3-5-10(9,4-1)7-8/h2,8H,3,5-7H2. The van der Waals surface area contributed by atoms with Crippen molar-refractivity contribution in [1.82, 2.24) is 0 Å².